The summed E-state index contributed by atoms with van der Waals surface area (Å²) in [4.78, 5) is 12.8. The summed E-state index contributed by atoms with van der Waals surface area (Å²) in [5.74, 6) is -0.185. The molecular formula is C19H18Cl2N4O4S2. The van der Waals surface area contributed by atoms with Crippen molar-refractivity contribution >= 4 is 61.3 Å². The van der Waals surface area contributed by atoms with E-state index in [-0.39, 0.29) is 15.8 Å². The third kappa shape index (κ3) is 5.45. The van der Waals surface area contributed by atoms with Crippen molar-refractivity contribution in [1.29, 1.82) is 0 Å². The number of amides is 1. The number of anilines is 2. The molecule has 3 aromatic rings. The molecule has 164 valence electrons. The monoisotopic (exact) mass is 500 g/mol. The summed E-state index contributed by atoms with van der Waals surface area (Å²) in [5, 5.41) is 12.3. The van der Waals surface area contributed by atoms with Gasteiger partial charge < -0.3 is 4.74 Å². The third-order valence-electron chi connectivity index (χ3n) is 4.22. The van der Waals surface area contributed by atoms with Crippen LogP contribution in [0, 0.1) is 0 Å². The quantitative estimate of drug-likeness (QED) is 0.518. The average molecular weight is 501 g/mol. The van der Waals surface area contributed by atoms with Gasteiger partial charge in [-0.1, -0.05) is 46.7 Å². The largest absolute Gasteiger partial charge is 0.495 e. The molecule has 0 aliphatic carbocycles. The number of nitrogens with zero attached hydrogens (tertiary/aromatic N) is 3. The number of carbonyl (C=O) groups is 1. The minimum absolute atomic E-state index is 0.220. The van der Waals surface area contributed by atoms with E-state index in [9.17, 15) is 13.2 Å². The van der Waals surface area contributed by atoms with Gasteiger partial charge in [0.1, 0.15) is 16.8 Å². The van der Waals surface area contributed by atoms with Gasteiger partial charge in [-0.05, 0) is 37.3 Å². The fraction of sp³-hybridized carbons (Fsp3) is 0.211. The number of methoxy groups -OCH3 is 1. The molecule has 12 heteroatoms. The van der Waals surface area contributed by atoms with Gasteiger partial charge in [0, 0.05) is 10.6 Å². The molecule has 1 atom stereocenters. The van der Waals surface area contributed by atoms with Crippen molar-refractivity contribution < 1.29 is 17.9 Å². The van der Waals surface area contributed by atoms with Gasteiger partial charge in [0.05, 0.1) is 24.1 Å². The van der Waals surface area contributed by atoms with Crippen LogP contribution in [0.3, 0.4) is 0 Å². The molecular weight excluding hydrogens is 483 g/mol. The summed E-state index contributed by atoms with van der Waals surface area (Å²) < 4.78 is 31.0. The van der Waals surface area contributed by atoms with Crippen LogP contribution < -0.4 is 14.4 Å². The van der Waals surface area contributed by atoms with Crippen molar-refractivity contribution in [1.82, 2.24) is 10.2 Å². The number of hydrogen-bond acceptors (Lipinski definition) is 7. The highest BCUT2D eigenvalue weighted by Crippen LogP contribution is 2.32. The number of sulfonamides is 1. The maximum Gasteiger partial charge on any atom is 0.249 e. The summed E-state index contributed by atoms with van der Waals surface area (Å²) in [6.45, 7) is 1.47. The summed E-state index contributed by atoms with van der Waals surface area (Å²) in [7, 11) is -2.35. The summed E-state index contributed by atoms with van der Waals surface area (Å²) in [6.07, 6.45) is 1.01. The molecule has 0 bridgehead atoms. The topological polar surface area (TPSA) is 101 Å². The van der Waals surface area contributed by atoms with Crippen LogP contribution in [0.15, 0.2) is 42.5 Å². The molecule has 0 saturated heterocycles. The Bertz CT molecular complexity index is 1200. The molecule has 1 heterocycles. The van der Waals surface area contributed by atoms with Gasteiger partial charge in [0.2, 0.25) is 21.1 Å². The lowest BCUT2D eigenvalue weighted by Gasteiger charge is -2.28. The molecule has 31 heavy (non-hydrogen) atoms. The molecule has 8 nitrogen and oxygen atoms in total. The molecule has 1 aromatic heterocycles. The second-order valence-electron chi connectivity index (χ2n) is 6.46. The minimum atomic E-state index is -3.80. The van der Waals surface area contributed by atoms with E-state index in [1.54, 1.807) is 24.3 Å². The van der Waals surface area contributed by atoms with E-state index in [0.717, 1.165) is 27.5 Å². The fourth-order valence-corrected chi connectivity index (χ4v) is 5.09. The number of benzene rings is 2. The molecule has 1 unspecified atom stereocenters. The number of hydrogen-bond donors (Lipinski definition) is 1. The summed E-state index contributed by atoms with van der Waals surface area (Å²) in [5.41, 5.74) is 1.02. The third-order valence-corrected chi connectivity index (χ3v) is 6.90. The standard InChI is InChI=1S/C19H18Cl2N4O4S2/c1-11(25(31(3,27)28)14-8-9-16(29-2)15(21)10-14)17(26)22-19-24-23-18(30-19)12-4-6-13(20)7-5-12/h4-11H,1-3H3,(H,22,24,26). The number of aromatic nitrogens is 2. The summed E-state index contributed by atoms with van der Waals surface area (Å²) in [6, 6.07) is 10.4. The second-order valence-corrected chi connectivity index (χ2v) is 10.1. The number of rotatable bonds is 7. The van der Waals surface area contributed by atoms with Gasteiger partial charge in [0.15, 0.2) is 0 Å². The number of halogens is 2. The van der Waals surface area contributed by atoms with E-state index in [1.165, 1.54) is 32.2 Å². The van der Waals surface area contributed by atoms with Gasteiger partial charge in [-0.2, -0.15) is 0 Å². The Kier molecular flexibility index (Phi) is 7.05. The maximum absolute atomic E-state index is 12.8. The zero-order valence-electron chi connectivity index (χ0n) is 16.7. The second kappa shape index (κ2) is 9.39. The van der Waals surface area contributed by atoms with Gasteiger partial charge in [-0.3, -0.25) is 14.4 Å². The predicted molar refractivity (Wildman–Crippen MR) is 124 cm³/mol. The van der Waals surface area contributed by atoms with Crippen molar-refractivity contribution in [2.75, 3.05) is 23.0 Å². The lowest BCUT2D eigenvalue weighted by molar-refractivity contribution is -0.116. The molecule has 0 spiro atoms. The van der Waals surface area contributed by atoms with Crippen LogP contribution >= 0.6 is 34.5 Å². The molecule has 0 aliphatic rings. The Labute approximate surface area is 193 Å². The maximum atomic E-state index is 12.8. The number of ether oxygens (including phenoxy) is 1. The van der Waals surface area contributed by atoms with Crippen molar-refractivity contribution in [2.45, 2.75) is 13.0 Å². The van der Waals surface area contributed by atoms with Crippen molar-refractivity contribution in [3.63, 3.8) is 0 Å². The van der Waals surface area contributed by atoms with Gasteiger partial charge in [-0.15, -0.1) is 10.2 Å². The van der Waals surface area contributed by atoms with E-state index in [1.807, 2.05) is 0 Å². The van der Waals surface area contributed by atoms with Gasteiger partial charge in [-0.25, -0.2) is 8.42 Å². The normalized spacial score (nSPS) is 12.3. The Morgan fingerprint density at radius 3 is 2.42 bits per heavy atom. The highest BCUT2D eigenvalue weighted by atomic mass is 35.5. The molecule has 1 amide bonds. The zero-order valence-corrected chi connectivity index (χ0v) is 19.8. The number of carbonyl (C=O) groups excluding carboxylic acids is 1. The molecule has 2 aromatic carbocycles. The summed E-state index contributed by atoms with van der Waals surface area (Å²) >= 11 is 13.2. The molecule has 1 N–H and O–H groups in total. The van der Waals surface area contributed by atoms with Crippen molar-refractivity contribution in [2.24, 2.45) is 0 Å². The predicted octanol–water partition coefficient (Wildman–Crippen LogP) is 4.31. The van der Waals surface area contributed by atoms with Crippen LogP contribution in [0.4, 0.5) is 10.8 Å². The van der Waals surface area contributed by atoms with E-state index in [4.69, 9.17) is 27.9 Å². The van der Waals surface area contributed by atoms with Crippen LogP contribution in [-0.2, 0) is 14.8 Å². The van der Waals surface area contributed by atoms with E-state index >= 15 is 0 Å². The highest BCUT2D eigenvalue weighted by Gasteiger charge is 2.30. The van der Waals surface area contributed by atoms with Crippen LogP contribution in [0.5, 0.6) is 5.75 Å². The molecule has 0 aliphatic heterocycles. The highest BCUT2D eigenvalue weighted by molar-refractivity contribution is 7.92. The Hall–Kier alpha value is -2.40. The first kappa shape index (κ1) is 23.3. The van der Waals surface area contributed by atoms with Crippen LogP contribution in [0.25, 0.3) is 10.6 Å². The smallest absolute Gasteiger partial charge is 0.249 e. The molecule has 0 saturated carbocycles. The van der Waals surface area contributed by atoms with Crippen LogP contribution in [0.2, 0.25) is 10.0 Å². The molecule has 0 fully saturated rings. The van der Waals surface area contributed by atoms with Gasteiger partial charge in [0.25, 0.3) is 0 Å². The van der Waals surface area contributed by atoms with Crippen LogP contribution in [0.1, 0.15) is 6.92 Å². The average Bonchev–Trinajstić information content (AvgIpc) is 3.16. The number of nitrogens with one attached hydrogen (secondary N) is 1. The SMILES string of the molecule is COc1ccc(N(C(C)C(=O)Nc2nnc(-c3ccc(Cl)cc3)s2)S(C)(=O)=O)cc1Cl. The zero-order chi connectivity index (χ0) is 22.8. The Morgan fingerprint density at radius 1 is 1.16 bits per heavy atom. The van der Waals surface area contributed by atoms with Crippen LogP contribution in [-0.4, -0.2) is 43.9 Å². The first-order valence-corrected chi connectivity index (χ1v) is 12.3. The van der Waals surface area contributed by atoms with E-state index in [2.05, 4.69) is 15.5 Å². The first-order valence-electron chi connectivity index (χ1n) is 8.83. The lowest BCUT2D eigenvalue weighted by Crippen LogP contribution is -2.45. The first-order chi connectivity index (χ1) is 14.6. The molecule has 0 radical (unpaired) electrons. The Balaban J connectivity index is 1.82. The lowest BCUT2D eigenvalue weighted by atomic mass is 10.2. The minimum Gasteiger partial charge on any atom is -0.495 e. The Morgan fingerprint density at radius 2 is 1.84 bits per heavy atom. The molecule has 3 rings (SSSR count). The van der Waals surface area contributed by atoms with E-state index in [0.29, 0.717) is 15.8 Å². The van der Waals surface area contributed by atoms with Crippen molar-refractivity contribution in [3.8, 4) is 16.3 Å². The van der Waals surface area contributed by atoms with E-state index < -0.39 is 22.0 Å². The van der Waals surface area contributed by atoms with Crippen molar-refractivity contribution in [3.05, 3.63) is 52.5 Å². The van der Waals surface area contributed by atoms with Gasteiger partial charge >= 0.3 is 0 Å². The fourth-order valence-electron chi connectivity index (χ4n) is 2.79.